The summed E-state index contributed by atoms with van der Waals surface area (Å²) in [5, 5.41) is 3.60. The highest BCUT2D eigenvalue weighted by Gasteiger charge is 2.15. The lowest BCUT2D eigenvalue weighted by Crippen LogP contribution is -2.41. The van der Waals surface area contributed by atoms with Gasteiger partial charge in [-0.25, -0.2) is 0 Å². The molecule has 114 valence electrons. The van der Waals surface area contributed by atoms with Crippen molar-refractivity contribution in [2.75, 3.05) is 20.6 Å². The minimum Gasteiger partial charge on any atom is -0.310 e. The monoisotopic (exact) mass is 302 g/mol. The Labute approximate surface area is 132 Å². The number of thiophene rings is 1. The molecule has 3 heteroatoms. The maximum Gasteiger partial charge on any atom is 0.0346 e. The summed E-state index contributed by atoms with van der Waals surface area (Å²) in [5.41, 5.74) is 1.31. The van der Waals surface area contributed by atoms with Gasteiger partial charge in [-0.1, -0.05) is 44.2 Å². The molecule has 0 aliphatic carbocycles. The maximum absolute atomic E-state index is 3.60. The largest absolute Gasteiger partial charge is 0.310 e. The molecule has 1 atom stereocenters. The van der Waals surface area contributed by atoms with Crippen LogP contribution in [0.2, 0.25) is 0 Å². The molecule has 0 spiro atoms. The molecule has 2 rings (SSSR count). The van der Waals surface area contributed by atoms with Crippen LogP contribution in [-0.2, 0) is 6.54 Å². The van der Waals surface area contributed by atoms with Crippen LogP contribution in [0.4, 0.5) is 0 Å². The molecule has 2 aromatic rings. The van der Waals surface area contributed by atoms with Crippen molar-refractivity contribution in [1.29, 1.82) is 0 Å². The molecule has 0 radical (unpaired) electrons. The van der Waals surface area contributed by atoms with E-state index in [0.717, 1.165) is 13.1 Å². The predicted octanol–water partition coefficient (Wildman–Crippen LogP) is 4.09. The molecule has 1 heterocycles. The minimum absolute atomic E-state index is 0.582. The zero-order valence-corrected chi connectivity index (χ0v) is 14.3. The second-order valence-corrected chi connectivity index (χ2v) is 7.21. The van der Waals surface area contributed by atoms with Gasteiger partial charge in [0.15, 0.2) is 0 Å². The maximum atomic E-state index is 3.60. The third-order valence-electron chi connectivity index (χ3n) is 3.81. The van der Waals surface area contributed by atoms with Crippen LogP contribution in [0.25, 0.3) is 10.4 Å². The number of nitrogens with one attached hydrogen (secondary N) is 1. The first-order valence-electron chi connectivity index (χ1n) is 7.59. The highest BCUT2D eigenvalue weighted by atomic mass is 32.1. The molecule has 0 fully saturated rings. The van der Waals surface area contributed by atoms with Crippen LogP contribution in [0.1, 0.15) is 18.7 Å². The van der Waals surface area contributed by atoms with Crippen molar-refractivity contribution in [2.45, 2.75) is 26.4 Å². The molecule has 0 aliphatic heterocycles. The Morgan fingerprint density at radius 1 is 1.05 bits per heavy atom. The van der Waals surface area contributed by atoms with Crippen LogP contribution in [0, 0.1) is 5.92 Å². The van der Waals surface area contributed by atoms with Crippen molar-refractivity contribution in [3.8, 4) is 10.4 Å². The highest BCUT2D eigenvalue weighted by Crippen LogP contribution is 2.27. The van der Waals surface area contributed by atoms with Crippen molar-refractivity contribution in [3.63, 3.8) is 0 Å². The lowest BCUT2D eigenvalue weighted by molar-refractivity contribution is 0.224. The number of likely N-dealkylation sites (N-methyl/N-ethyl adjacent to an activating group) is 1. The fourth-order valence-corrected chi connectivity index (χ4v) is 3.57. The number of hydrogen-bond acceptors (Lipinski definition) is 3. The number of nitrogens with zero attached hydrogens (tertiary/aromatic N) is 1. The van der Waals surface area contributed by atoms with Gasteiger partial charge in [0.05, 0.1) is 0 Å². The number of rotatable bonds is 7. The van der Waals surface area contributed by atoms with Crippen molar-refractivity contribution >= 4 is 11.3 Å². The topological polar surface area (TPSA) is 15.3 Å². The summed E-state index contributed by atoms with van der Waals surface area (Å²) in [6.45, 7) is 6.55. The second-order valence-electron chi connectivity index (χ2n) is 6.04. The quantitative estimate of drug-likeness (QED) is 0.828. The fraction of sp³-hybridized carbons (Fsp3) is 0.444. The normalized spacial score (nSPS) is 13.0. The average Bonchev–Trinajstić information content (AvgIpc) is 2.92. The van der Waals surface area contributed by atoms with Crippen LogP contribution < -0.4 is 5.32 Å². The standard InChI is InChI=1S/C18H26N2S/c1-14(2)17(20(3)4)13-19-12-16-10-11-18(21-16)15-8-6-5-7-9-15/h5-11,14,17,19H,12-13H2,1-4H3. The van der Waals surface area contributed by atoms with Gasteiger partial charge < -0.3 is 10.2 Å². The van der Waals surface area contributed by atoms with Crippen molar-refractivity contribution in [3.05, 3.63) is 47.3 Å². The second kappa shape index (κ2) is 7.74. The predicted molar refractivity (Wildman–Crippen MR) is 93.8 cm³/mol. The van der Waals surface area contributed by atoms with E-state index in [1.54, 1.807) is 0 Å². The summed E-state index contributed by atoms with van der Waals surface area (Å²) in [5.74, 6) is 0.663. The summed E-state index contributed by atoms with van der Waals surface area (Å²) in [4.78, 5) is 5.05. The Balaban J connectivity index is 1.89. The van der Waals surface area contributed by atoms with E-state index in [1.807, 2.05) is 11.3 Å². The van der Waals surface area contributed by atoms with Crippen LogP contribution in [-0.4, -0.2) is 31.6 Å². The lowest BCUT2D eigenvalue weighted by atomic mass is 10.0. The van der Waals surface area contributed by atoms with Crippen LogP contribution in [0.5, 0.6) is 0 Å². The Kier molecular flexibility index (Phi) is 5.97. The van der Waals surface area contributed by atoms with E-state index in [4.69, 9.17) is 0 Å². The zero-order chi connectivity index (χ0) is 15.2. The van der Waals surface area contributed by atoms with E-state index in [-0.39, 0.29) is 0 Å². The molecule has 1 unspecified atom stereocenters. The molecule has 21 heavy (non-hydrogen) atoms. The van der Waals surface area contributed by atoms with Gasteiger partial charge in [-0.05, 0) is 37.7 Å². The van der Waals surface area contributed by atoms with Crippen molar-refractivity contribution in [1.82, 2.24) is 10.2 Å². The molecule has 1 N–H and O–H groups in total. The van der Waals surface area contributed by atoms with Gasteiger partial charge in [0.1, 0.15) is 0 Å². The Hall–Kier alpha value is -1.16. The molecule has 0 amide bonds. The fourth-order valence-electron chi connectivity index (χ4n) is 2.59. The summed E-state index contributed by atoms with van der Waals surface area (Å²) in [6, 6.07) is 15.6. The molecule has 0 saturated carbocycles. The molecule has 0 saturated heterocycles. The van der Waals surface area contributed by atoms with Gasteiger partial charge in [0, 0.05) is 28.9 Å². The summed E-state index contributed by atoms with van der Waals surface area (Å²) < 4.78 is 0. The SMILES string of the molecule is CC(C)C(CNCc1ccc(-c2ccccc2)s1)N(C)C. The van der Waals surface area contributed by atoms with Crippen molar-refractivity contribution < 1.29 is 0 Å². The number of hydrogen-bond donors (Lipinski definition) is 1. The van der Waals surface area contributed by atoms with E-state index < -0.39 is 0 Å². The van der Waals surface area contributed by atoms with Crippen molar-refractivity contribution in [2.24, 2.45) is 5.92 Å². The van der Waals surface area contributed by atoms with Gasteiger partial charge in [0.25, 0.3) is 0 Å². The third kappa shape index (κ3) is 4.67. The summed E-state index contributed by atoms with van der Waals surface area (Å²) in [6.07, 6.45) is 0. The van der Waals surface area contributed by atoms with Gasteiger partial charge in [-0.15, -0.1) is 11.3 Å². The van der Waals surface area contributed by atoms with E-state index in [9.17, 15) is 0 Å². The van der Waals surface area contributed by atoms with Crippen LogP contribution in [0.15, 0.2) is 42.5 Å². The van der Waals surface area contributed by atoms with Crippen LogP contribution in [0.3, 0.4) is 0 Å². The molecule has 0 aliphatic rings. The molecular formula is C18H26N2S. The Morgan fingerprint density at radius 3 is 2.38 bits per heavy atom. The number of benzene rings is 1. The lowest BCUT2D eigenvalue weighted by Gasteiger charge is -2.28. The zero-order valence-electron chi connectivity index (χ0n) is 13.5. The van der Waals surface area contributed by atoms with Gasteiger partial charge in [-0.3, -0.25) is 0 Å². The molecule has 1 aromatic heterocycles. The van der Waals surface area contributed by atoms with Gasteiger partial charge in [0.2, 0.25) is 0 Å². The molecule has 0 bridgehead atoms. The first-order chi connectivity index (χ1) is 10.1. The van der Waals surface area contributed by atoms with E-state index in [1.165, 1.54) is 15.3 Å². The van der Waals surface area contributed by atoms with Gasteiger partial charge >= 0.3 is 0 Å². The first kappa shape index (κ1) is 16.2. The van der Waals surface area contributed by atoms with Crippen LogP contribution >= 0.6 is 11.3 Å². The molecule has 2 nitrogen and oxygen atoms in total. The molecular weight excluding hydrogens is 276 g/mol. The Morgan fingerprint density at radius 2 is 1.76 bits per heavy atom. The Bertz CT molecular complexity index is 523. The third-order valence-corrected chi connectivity index (χ3v) is 4.94. The van der Waals surface area contributed by atoms with E-state index in [0.29, 0.717) is 12.0 Å². The summed E-state index contributed by atoms with van der Waals surface area (Å²) >= 11 is 1.88. The van der Waals surface area contributed by atoms with Gasteiger partial charge in [-0.2, -0.15) is 0 Å². The molecule has 1 aromatic carbocycles. The van der Waals surface area contributed by atoms with E-state index in [2.05, 4.69) is 80.6 Å². The minimum atomic E-state index is 0.582. The highest BCUT2D eigenvalue weighted by molar-refractivity contribution is 7.15. The van der Waals surface area contributed by atoms with E-state index >= 15 is 0 Å². The average molecular weight is 302 g/mol. The first-order valence-corrected chi connectivity index (χ1v) is 8.41. The smallest absolute Gasteiger partial charge is 0.0346 e. The summed E-state index contributed by atoms with van der Waals surface area (Å²) in [7, 11) is 4.32.